The molecule has 10 heteroatoms. The molecular weight excluding hydrogens is 482 g/mol. The summed E-state index contributed by atoms with van der Waals surface area (Å²) in [6.07, 6.45) is 0.108. The molecule has 0 heterocycles. The van der Waals surface area contributed by atoms with Crippen LogP contribution in [0, 0.1) is 0 Å². The molecule has 1 rings (SSSR count). The number of amides is 1. The average Bonchev–Trinajstić information content (AvgIpc) is 2.77. The van der Waals surface area contributed by atoms with Gasteiger partial charge < -0.3 is 33.9 Å². The van der Waals surface area contributed by atoms with E-state index in [2.05, 4.69) is 4.99 Å². The highest BCUT2D eigenvalue weighted by atomic mass is 16.6. The predicted octanol–water partition coefficient (Wildman–Crippen LogP) is 3.97. The lowest BCUT2D eigenvalue weighted by atomic mass is 10.1. The molecule has 2 N–H and O–H groups in total. The average molecular weight is 526 g/mol. The van der Waals surface area contributed by atoms with Gasteiger partial charge in [0, 0.05) is 12.3 Å². The second-order valence-electron chi connectivity index (χ2n) is 10.4. The first-order chi connectivity index (χ1) is 17.3. The van der Waals surface area contributed by atoms with E-state index in [1.807, 2.05) is 0 Å². The van der Waals surface area contributed by atoms with Gasteiger partial charge in [-0.2, -0.15) is 4.99 Å². The fourth-order valence-electron chi connectivity index (χ4n) is 3.06. The topological polar surface area (TPSA) is 133 Å². The predicted molar refractivity (Wildman–Crippen MR) is 139 cm³/mol. The molecule has 0 saturated carbocycles. The Kier molecular flexibility index (Phi) is 14.4. The molecule has 10 nitrogen and oxygen atoms in total. The Hall–Kier alpha value is -2.53. The summed E-state index contributed by atoms with van der Waals surface area (Å²) in [4.78, 5) is 28.3. The van der Waals surface area contributed by atoms with E-state index < -0.39 is 23.3 Å². The van der Waals surface area contributed by atoms with E-state index >= 15 is 0 Å². The molecule has 0 aliphatic rings. The Bertz CT molecular complexity index is 847. The number of ether oxygens (including phenoxy) is 5. The lowest BCUT2D eigenvalue weighted by Gasteiger charge is -2.20. The highest BCUT2D eigenvalue weighted by molar-refractivity contribution is 6.03. The minimum absolute atomic E-state index is 0.0966. The molecule has 0 aromatic heterocycles. The highest BCUT2D eigenvalue weighted by Crippen LogP contribution is 2.18. The zero-order chi connectivity index (χ0) is 27.9. The number of carbonyl (C=O) groups is 2. The molecule has 1 aromatic rings. The Labute approximate surface area is 219 Å². The van der Waals surface area contributed by atoms with Gasteiger partial charge in [-0.1, -0.05) is 6.07 Å². The molecule has 0 bridgehead atoms. The third-order valence-electron chi connectivity index (χ3n) is 4.43. The SMILES string of the molecule is CC(C)(C)OC(=O)CC(CCCOCCOCCOc1cc(CO)cc(CO)c1)=NC(=O)OC(C)(C)C. The van der Waals surface area contributed by atoms with Crippen molar-refractivity contribution in [2.45, 2.75) is 85.2 Å². The third-order valence-corrected chi connectivity index (χ3v) is 4.43. The number of rotatable bonds is 15. The lowest BCUT2D eigenvalue weighted by molar-refractivity contribution is -0.153. The van der Waals surface area contributed by atoms with Crippen LogP contribution in [0.1, 0.15) is 71.9 Å². The number of aliphatic hydroxyl groups is 2. The van der Waals surface area contributed by atoms with Crippen molar-refractivity contribution in [3.63, 3.8) is 0 Å². The molecule has 1 aromatic carbocycles. The van der Waals surface area contributed by atoms with E-state index in [0.29, 0.717) is 68.5 Å². The number of carbonyl (C=O) groups excluding carboxylic acids is 2. The number of esters is 1. The summed E-state index contributed by atoms with van der Waals surface area (Å²) < 4.78 is 27.3. The fraction of sp³-hybridized carbons (Fsp3) is 0.667. The van der Waals surface area contributed by atoms with Crippen LogP contribution < -0.4 is 4.74 Å². The standard InChI is InChI=1S/C27H43NO9/c1-26(2,3)36-24(31)17-22(28-25(32)37-27(4,5)6)8-7-9-33-10-11-34-12-13-35-23-15-20(18-29)14-21(16-23)19-30/h14-16,29-30H,7-13,17-19H2,1-6H3. The molecular formula is C27H43NO9. The second-order valence-corrected chi connectivity index (χ2v) is 10.4. The van der Waals surface area contributed by atoms with Gasteiger partial charge in [-0.15, -0.1) is 0 Å². The smallest absolute Gasteiger partial charge is 0.434 e. The van der Waals surface area contributed by atoms with Gasteiger partial charge in [0.2, 0.25) is 0 Å². The largest absolute Gasteiger partial charge is 0.491 e. The molecule has 37 heavy (non-hydrogen) atoms. The van der Waals surface area contributed by atoms with Gasteiger partial charge in [-0.3, -0.25) is 4.79 Å². The summed E-state index contributed by atoms with van der Waals surface area (Å²) in [5.74, 6) is 0.104. The molecule has 0 fully saturated rings. The van der Waals surface area contributed by atoms with Crippen molar-refractivity contribution in [2.75, 3.05) is 33.0 Å². The summed E-state index contributed by atoms with van der Waals surface area (Å²) in [7, 11) is 0. The van der Waals surface area contributed by atoms with E-state index in [-0.39, 0.29) is 19.6 Å². The molecule has 0 saturated heterocycles. The number of benzene rings is 1. The van der Waals surface area contributed by atoms with Crippen LogP contribution in [0.15, 0.2) is 23.2 Å². The Morgan fingerprint density at radius 1 is 0.784 bits per heavy atom. The fourth-order valence-corrected chi connectivity index (χ4v) is 3.06. The van der Waals surface area contributed by atoms with E-state index in [0.717, 1.165) is 0 Å². The van der Waals surface area contributed by atoms with Crippen molar-refractivity contribution >= 4 is 17.8 Å². The van der Waals surface area contributed by atoms with Crippen LogP contribution >= 0.6 is 0 Å². The van der Waals surface area contributed by atoms with Gasteiger partial charge >= 0.3 is 12.1 Å². The Morgan fingerprint density at radius 2 is 1.32 bits per heavy atom. The summed E-state index contributed by atoms with van der Waals surface area (Å²) in [5.41, 5.74) is 0.406. The number of aliphatic imine (C=N–C) groups is 1. The summed E-state index contributed by atoms with van der Waals surface area (Å²) in [6.45, 7) is 12.1. The summed E-state index contributed by atoms with van der Waals surface area (Å²) >= 11 is 0. The van der Waals surface area contributed by atoms with Crippen LogP contribution in [0.5, 0.6) is 5.75 Å². The first-order valence-corrected chi connectivity index (χ1v) is 12.5. The molecule has 0 radical (unpaired) electrons. The van der Waals surface area contributed by atoms with Crippen molar-refractivity contribution in [1.29, 1.82) is 0 Å². The number of aliphatic hydroxyl groups excluding tert-OH is 2. The van der Waals surface area contributed by atoms with Crippen LogP contribution in [-0.4, -0.2) is 72.2 Å². The zero-order valence-corrected chi connectivity index (χ0v) is 23.0. The van der Waals surface area contributed by atoms with Gasteiger partial charge in [-0.25, -0.2) is 4.79 Å². The maximum atomic E-state index is 12.2. The molecule has 1 amide bonds. The highest BCUT2D eigenvalue weighted by Gasteiger charge is 2.20. The van der Waals surface area contributed by atoms with E-state index in [1.165, 1.54) is 0 Å². The maximum absolute atomic E-state index is 12.2. The molecule has 0 spiro atoms. The van der Waals surface area contributed by atoms with E-state index in [4.69, 9.17) is 23.7 Å². The Morgan fingerprint density at radius 3 is 1.86 bits per heavy atom. The molecule has 0 aliphatic carbocycles. The third kappa shape index (κ3) is 16.8. The van der Waals surface area contributed by atoms with Crippen LogP contribution in [0.3, 0.4) is 0 Å². The second kappa shape index (κ2) is 16.3. The van der Waals surface area contributed by atoms with Crippen molar-refractivity contribution in [3.05, 3.63) is 29.3 Å². The van der Waals surface area contributed by atoms with Crippen LogP contribution in [-0.2, 0) is 37.0 Å². The van der Waals surface area contributed by atoms with Crippen LogP contribution in [0.4, 0.5) is 4.79 Å². The van der Waals surface area contributed by atoms with Crippen molar-refractivity contribution < 1.29 is 43.5 Å². The van der Waals surface area contributed by atoms with Gasteiger partial charge in [-0.05, 0) is 77.6 Å². The number of hydrogen-bond acceptors (Lipinski definition) is 9. The first kappa shape index (κ1) is 32.5. The molecule has 0 atom stereocenters. The van der Waals surface area contributed by atoms with Gasteiger partial charge in [0.15, 0.2) is 0 Å². The van der Waals surface area contributed by atoms with Crippen LogP contribution in [0.25, 0.3) is 0 Å². The van der Waals surface area contributed by atoms with E-state index in [9.17, 15) is 19.8 Å². The van der Waals surface area contributed by atoms with E-state index in [1.54, 1.807) is 59.7 Å². The maximum Gasteiger partial charge on any atom is 0.434 e. The monoisotopic (exact) mass is 525 g/mol. The minimum atomic E-state index is -0.738. The minimum Gasteiger partial charge on any atom is -0.491 e. The summed E-state index contributed by atoms with van der Waals surface area (Å²) in [6, 6.07) is 5.14. The molecule has 0 aliphatic heterocycles. The zero-order valence-electron chi connectivity index (χ0n) is 23.0. The number of hydrogen-bond donors (Lipinski definition) is 2. The van der Waals surface area contributed by atoms with Crippen molar-refractivity contribution in [1.82, 2.24) is 0 Å². The lowest BCUT2D eigenvalue weighted by Crippen LogP contribution is -2.26. The first-order valence-electron chi connectivity index (χ1n) is 12.5. The van der Waals surface area contributed by atoms with Gasteiger partial charge in [0.1, 0.15) is 23.6 Å². The van der Waals surface area contributed by atoms with Gasteiger partial charge in [0.05, 0.1) is 39.5 Å². The van der Waals surface area contributed by atoms with Gasteiger partial charge in [0.25, 0.3) is 0 Å². The number of nitrogens with zero attached hydrogens (tertiary/aromatic N) is 1. The molecule has 210 valence electrons. The normalized spacial score (nSPS) is 12.4. The molecule has 0 unspecified atom stereocenters. The quantitative estimate of drug-likeness (QED) is 0.198. The van der Waals surface area contributed by atoms with Crippen LogP contribution in [0.2, 0.25) is 0 Å². The summed E-state index contributed by atoms with van der Waals surface area (Å²) in [5, 5.41) is 18.6. The van der Waals surface area contributed by atoms with Crippen molar-refractivity contribution in [2.24, 2.45) is 4.99 Å². The Balaban J connectivity index is 2.34. The van der Waals surface area contributed by atoms with Crippen molar-refractivity contribution in [3.8, 4) is 5.75 Å².